The lowest BCUT2D eigenvalue weighted by molar-refractivity contribution is 0.0912. The molecule has 20 heavy (non-hydrogen) atoms. The van der Waals surface area contributed by atoms with Gasteiger partial charge in [-0.15, -0.1) is 0 Å². The van der Waals surface area contributed by atoms with Crippen LogP contribution in [0, 0.1) is 13.8 Å². The molecule has 0 heterocycles. The normalized spacial score (nSPS) is 11.2. The topological polar surface area (TPSA) is 29.1 Å². The molecule has 2 aromatic rings. The van der Waals surface area contributed by atoms with Crippen LogP contribution in [0.15, 0.2) is 48.5 Å². The summed E-state index contributed by atoms with van der Waals surface area (Å²) in [6.45, 7) is 8.10. The summed E-state index contributed by atoms with van der Waals surface area (Å²) in [5.74, 6) is -0.0399. The lowest BCUT2D eigenvalue weighted by Crippen LogP contribution is -2.41. The molecule has 1 amide bonds. The van der Waals surface area contributed by atoms with E-state index in [9.17, 15) is 4.79 Å². The van der Waals surface area contributed by atoms with E-state index in [-0.39, 0.29) is 5.91 Å². The molecule has 2 rings (SSSR count). The first kappa shape index (κ1) is 14.3. The highest BCUT2D eigenvalue weighted by molar-refractivity contribution is 5.95. The highest BCUT2D eigenvalue weighted by atomic mass is 16.1. The molecule has 2 aromatic carbocycles. The van der Waals surface area contributed by atoms with Crippen molar-refractivity contribution < 1.29 is 4.79 Å². The summed E-state index contributed by atoms with van der Waals surface area (Å²) in [5, 5.41) is 3.10. The lowest BCUT2D eigenvalue weighted by Gasteiger charge is -2.27. The Morgan fingerprint density at radius 3 is 2.20 bits per heavy atom. The second-order valence-electron chi connectivity index (χ2n) is 5.74. The van der Waals surface area contributed by atoms with Gasteiger partial charge in [-0.1, -0.05) is 36.4 Å². The van der Waals surface area contributed by atoms with Gasteiger partial charge in [0.2, 0.25) is 0 Å². The zero-order chi connectivity index (χ0) is 14.8. The number of hydrogen-bond donors (Lipinski definition) is 1. The zero-order valence-electron chi connectivity index (χ0n) is 12.5. The van der Waals surface area contributed by atoms with Crippen LogP contribution in [0.1, 0.15) is 40.9 Å². The molecule has 0 saturated heterocycles. The van der Waals surface area contributed by atoms with E-state index in [0.717, 1.165) is 11.1 Å². The van der Waals surface area contributed by atoms with Gasteiger partial charge in [-0.05, 0) is 56.5 Å². The van der Waals surface area contributed by atoms with E-state index in [2.05, 4.69) is 5.32 Å². The Hall–Kier alpha value is -2.09. The number of rotatable bonds is 3. The number of amides is 1. The van der Waals surface area contributed by atoms with Gasteiger partial charge < -0.3 is 5.32 Å². The Kier molecular flexibility index (Phi) is 3.93. The van der Waals surface area contributed by atoms with Crippen LogP contribution in [-0.2, 0) is 5.54 Å². The first-order valence-electron chi connectivity index (χ1n) is 6.85. The Bertz CT molecular complexity index is 615. The van der Waals surface area contributed by atoms with Gasteiger partial charge in [0.25, 0.3) is 5.91 Å². The molecule has 104 valence electrons. The highest BCUT2D eigenvalue weighted by Crippen LogP contribution is 2.20. The molecule has 0 atom stereocenters. The number of nitrogens with one attached hydrogen (secondary N) is 1. The maximum Gasteiger partial charge on any atom is 0.251 e. The molecule has 0 fully saturated rings. The van der Waals surface area contributed by atoms with Crippen molar-refractivity contribution in [3.8, 4) is 0 Å². The second-order valence-corrected chi connectivity index (χ2v) is 5.74. The first-order chi connectivity index (χ1) is 9.40. The standard InChI is InChI=1S/C18H21NO/c1-13-10-11-15(12-14(13)2)17(20)19-18(3,4)16-8-6-5-7-9-16/h5-12H,1-4H3,(H,19,20). The second kappa shape index (κ2) is 5.49. The SMILES string of the molecule is Cc1ccc(C(=O)NC(C)(C)c2ccccc2)cc1C. The molecule has 2 nitrogen and oxygen atoms in total. The van der Waals surface area contributed by atoms with Crippen LogP contribution in [0.5, 0.6) is 0 Å². The third-order valence-corrected chi connectivity index (χ3v) is 3.69. The predicted molar refractivity (Wildman–Crippen MR) is 82.9 cm³/mol. The van der Waals surface area contributed by atoms with Crippen LogP contribution in [0.2, 0.25) is 0 Å². The highest BCUT2D eigenvalue weighted by Gasteiger charge is 2.23. The van der Waals surface area contributed by atoms with Crippen molar-refractivity contribution in [3.63, 3.8) is 0 Å². The van der Waals surface area contributed by atoms with Crippen molar-refractivity contribution in [1.29, 1.82) is 0 Å². The smallest absolute Gasteiger partial charge is 0.251 e. The monoisotopic (exact) mass is 267 g/mol. The van der Waals surface area contributed by atoms with Gasteiger partial charge in [0.15, 0.2) is 0 Å². The molecule has 0 radical (unpaired) electrons. The fraction of sp³-hybridized carbons (Fsp3) is 0.278. The molecule has 0 aliphatic rings. The van der Waals surface area contributed by atoms with Crippen LogP contribution in [-0.4, -0.2) is 5.91 Å². The Morgan fingerprint density at radius 1 is 0.950 bits per heavy atom. The summed E-state index contributed by atoms with van der Waals surface area (Å²) >= 11 is 0. The minimum atomic E-state index is -0.392. The van der Waals surface area contributed by atoms with Crippen molar-refractivity contribution in [2.24, 2.45) is 0 Å². The van der Waals surface area contributed by atoms with Crippen LogP contribution in [0.4, 0.5) is 0 Å². The molecular weight excluding hydrogens is 246 g/mol. The molecule has 0 aliphatic carbocycles. The quantitative estimate of drug-likeness (QED) is 0.895. The number of carbonyl (C=O) groups excluding carboxylic acids is 1. The molecule has 0 saturated carbocycles. The summed E-state index contributed by atoms with van der Waals surface area (Å²) in [6.07, 6.45) is 0. The fourth-order valence-electron chi connectivity index (χ4n) is 2.17. The van der Waals surface area contributed by atoms with Gasteiger partial charge in [-0.3, -0.25) is 4.79 Å². The Balaban J connectivity index is 2.20. The molecular formula is C18H21NO. The van der Waals surface area contributed by atoms with E-state index in [1.54, 1.807) is 0 Å². The van der Waals surface area contributed by atoms with Crippen LogP contribution < -0.4 is 5.32 Å². The number of benzene rings is 2. The molecule has 2 heteroatoms. The van der Waals surface area contributed by atoms with Crippen molar-refractivity contribution in [2.45, 2.75) is 33.2 Å². The summed E-state index contributed by atoms with van der Waals surface area (Å²) in [6, 6.07) is 15.8. The van der Waals surface area contributed by atoms with E-state index < -0.39 is 5.54 Å². The van der Waals surface area contributed by atoms with Crippen LogP contribution >= 0.6 is 0 Å². The van der Waals surface area contributed by atoms with E-state index in [0.29, 0.717) is 5.56 Å². The van der Waals surface area contributed by atoms with Crippen LogP contribution in [0.3, 0.4) is 0 Å². The zero-order valence-corrected chi connectivity index (χ0v) is 12.5. The molecule has 0 unspecified atom stereocenters. The average molecular weight is 267 g/mol. The number of carbonyl (C=O) groups is 1. The van der Waals surface area contributed by atoms with Crippen molar-refractivity contribution in [2.75, 3.05) is 0 Å². The minimum Gasteiger partial charge on any atom is -0.343 e. The van der Waals surface area contributed by atoms with E-state index in [4.69, 9.17) is 0 Å². The first-order valence-corrected chi connectivity index (χ1v) is 6.85. The summed E-state index contributed by atoms with van der Waals surface area (Å²) in [7, 11) is 0. The Morgan fingerprint density at radius 2 is 1.60 bits per heavy atom. The molecule has 0 bridgehead atoms. The fourth-order valence-corrected chi connectivity index (χ4v) is 2.17. The number of aryl methyl sites for hydroxylation is 2. The molecule has 0 aromatic heterocycles. The molecule has 0 aliphatic heterocycles. The largest absolute Gasteiger partial charge is 0.343 e. The summed E-state index contributed by atoms with van der Waals surface area (Å²) < 4.78 is 0. The Labute approximate surface area is 120 Å². The summed E-state index contributed by atoms with van der Waals surface area (Å²) in [5.41, 5.74) is 3.74. The molecule has 1 N–H and O–H groups in total. The van der Waals surface area contributed by atoms with Gasteiger partial charge in [-0.2, -0.15) is 0 Å². The minimum absolute atomic E-state index is 0.0399. The lowest BCUT2D eigenvalue weighted by atomic mass is 9.93. The maximum absolute atomic E-state index is 12.4. The van der Waals surface area contributed by atoms with Gasteiger partial charge in [0, 0.05) is 5.56 Å². The van der Waals surface area contributed by atoms with Crippen LogP contribution in [0.25, 0.3) is 0 Å². The van der Waals surface area contributed by atoms with Crippen molar-refractivity contribution in [1.82, 2.24) is 5.32 Å². The summed E-state index contributed by atoms with van der Waals surface area (Å²) in [4.78, 5) is 12.4. The average Bonchev–Trinajstić information content (AvgIpc) is 2.42. The third kappa shape index (κ3) is 3.08. The molecule has 0 spiro atoms. The van der Waals surface area contributed by atoms with Gasteiger partial charge >= 0.3 is 0 Å². The van der Waals surface area contributed by atoms with E-state index in [1.165, 1.54) is 5.56 Å². The van der Waals surface area contributed by atoms with E-state index >= 15 is 0 Å². The van der Waals surface area contributed by atoms with Crippen molar-refractivity contribution >= 4 is 5.91 Å². The van der Waals surface area contributed by atoms with Gasteiger partial charge in [-0.25, -0.2) is 0 Å². The van der Waals surface area contributed by atoms with Crippen molar-refractivity contribution in [3.05, 3.63) is 70.8 Å². The van der Waals surface area contributed by atoms with Gasteiger partial charge in [0.1, 0.15) is 0 Å². The maximum atomic E-state index is 12.4. The van der Waals surface area contributed by atoms with Gasteiger partial charge in [0.05, 0.1) is 5.54 Å². The number of hydrogen-bond acceptors (Lipinski definition) is 1. The predicted octanol–water partition coefficient (Wildman–Crippen LogP) is 3.97. The van der Waals surface area contributed by atoms with E-state index in [1.807, 2.05) is 76.2 Å². The third-order valence-electron chi connectivity index (χ3n) is 3.69.